The van der Waals surface area contributed by atoms with Crippen molar-refractivity contribution in [2.24, 2.45) is 0 Å². The lowest BCUT2D eigenvalue weighted by atomic mass is 10.1. The van der Waals surface area contributed by atoms with E-state index in [1.165, 1.54) is 4.90 Å². The fourth-order valence-electron chi connectivity index (χ4n) is 2.28. The van der Waals surface area contributed by atoms with Gasteiger partial charge in [0.05, 0.1) is 12.2 Å². The molecular formula is C17H19N5O3. The third-order valence-corrected chi connectivity index (χ3v) is 3.64. The van der Waals surface area contributed by atoms with Crippen LogP contribution in [-0.4, -0.2) is 33.1 Å². The van der Waals surface area contributed by atoms with Gasteiger partial charge in [0, 0.05) is 25.2 Å². The predicted molar refractivity (Wildman–Crippen MR) is 90.9 cm³/mol. The smallest absolute Gasteiger partial charge is 0.322 e. The molecule has 0 radical (unpaired) electrons. The van der Waals surface area contributed by atoms with Crippen molar-refractivity contribution in [2.75, 3.05) is 12.4 Å². The van der Waals surface area contributed by atoms with Gasteiger partial charge in [-0.2, -0.15) is 4.98 Å². The summed E-state index contributed by atoms with van der Waals surface area (Å²) in [5.41, 5.74) is 3.22. The van der Waals surface area contributed by atoms with E-state index in [0.717, 1.165) is 16.8 Å². The number of nitrogens with zero attached hydrogens (tertiary/aromatic N) is 4. The summed E-state index contributed by atoms with van der Waals surface area (Å²) in [7, 11) is 1.66. The van der Waals surface area contributed by atoms with E-state index in [1.54, 1.807) is 20.2 Å². The summed E-state index contributed by atoms with van der Waals surface area (Å²) in [6.45, 7) is 5.73. The summed E-state index contributed by atoms with van der Waals surface area (Å²) in [5, 5.41) is 6.68. The van der Waals surface area contributed by atoms with E-state index >= 15 is 0 Å². The number of oxazole rings is 1. The second-order valence-corrected chi connectivity index (χ2v) is 5.84. The average molecular weight is 341 g/mol. The standard InChI is InChI=1S/C17H19N5O3/c1-10-5-6-13(16-18-11(2)9-24-16)7-14(10)20-17(23)22(4)8-15-19-12(3)25-21-15/h5-7,9H,8H2,1-4H3,(H,20,23). The Hall–Kier alpha value is -3.16. The molecule has 2 heterocycles. The van der Waals surface area contributed by atoms with Crippen molar-refractivity contribution < 1.29 is 13.7 Å². The van der Waals surface area contributed by atoms with Crippen LogP contribution in [-0.2, 0) is 6.54 Å². The maximum Gasteiger partial charge on any atom is 0.322 e. The van der Waals surface area contributed by atoms with E-state index in [9.17, 15) is 4.79 Å². The minimum Gasteiger partial charge on any atom is -0.444 e. The molecule has 2 amide bonds. The molecule has 1 aromatic carbocycles. The number of benzene rings is 1. The summed E-state index contributed by atoms with van der Waals surface area (Å²) in [5.74, 6) is 1.44. The van der Waals surface area contributed by atoms with Crippen LogP contribution in [0, 0.1) is 20.8 Å². The van der Waals surface area contributed by atoms with Crippen molar-refractivity contribution in [1.29, 1.82) is 0 Å². The predicted octanol–water partition coefficient (Wildman–Crippen LogP) is 3.31. The molecule has 0 unspecified atom stereocenters. The van der Waals surface area contributed by atoms with Crippen LogP contribution in [0.5, 0.6) is 0 Å². The Balaban J connectivity index is 1.74. The van der Waals surface area contributed by atoms with E-state index < -0.39 is 0 Å². The zero-order chi connectivity index (χ0) is 18.0. The summed E-state index contributed by atoms with van der Waals surface area (Å²) in [6.07, 6.45) is 1.59. The molecule has 0 bridgehead atoms. The fraction of sp³-hybridized carbons (Fsp3) is 0.294. The molecule has 1 N–H and O–H groups in total. The van der Waals surface area contributed by atoms with Gasteiger partial charge in [0.15, 0.2) is 5.82 Å². The van der Waals surface area contributed by atoms with Gasteiger partial charge in [0.1, 0.15) is 6.26 Å². The van der Waals surface area contributed by atoms with Crippen LogP contribution >= 0.6 is 0 Å². The highest BCUT2D eigenvalue weighted by Gasteiger charge is 2.15. The SMILES string of the molecule is Cc1coc(-c2ccc(C)c(NC(=O)N(C)Cc3noc(C)n3)c2)n1. The molecule has 0 saturated carbocycles. The van der Waals surface area contributed by atoms with Gasteiger partial charge in [-0.3, -0.25) is 0 Å². The molecule has 0 saturated heterocycles. The van der Waals surface area contributed by atoms with Crippen molar-refractivity contribution in [3.05, 3.63) is 47.4 Å². The summed E-state index contributed by atoms with van der Waals surface area (Å²) < 4.78 is 10.3. The first kappa shape index (κ1) is 16.7. The number of nitrogens with one attached hydrogen (secondary N) is 1. The van der Waals surface area contributed by atoms with Crippen molar-refractivity contribution in [1.82, 2.24) is 20.0 Å². The highest BCUT2D eigenvalue weighted by molar-refractivity contribution is 5.90. The molecule has 0 atom stereocenters. The molecule has 0 fully saturated rings. The molecule has 25 heavy (non-hydrogen) atoms. The number of hydrogen-bond donors (Lipinski definition) is 1. The monoisotopic (exact) mass is 341 g/mol. The molecule has 0 aliphatic rings. The van der Waals surface area contributed by atoms with Crippen molar-refractivity contribution >= 4 is 11.7 Å². The Morgan fingerprint density at radius 2 is 2.04 bits per heavy atom. The maximum atomic E-state index is 12.4. The Kier molecular flexibility index (Phi) is 4.51. The third-order valence-electron chi connectivity index (χ3n) is 3.64. The quantitative estimate of drug-likeness (QED) is 0.782. The van der Waals surface area contributed by atoms with Gasteiger partial charge >= 0.3 is 6.03 Å². The van der Waals surface area contributed by atoms with Crippen molar-refractivity contribution in [3.63, 3.8) is 0 Å². The van der Waals surface area contributed by atoms with Crippen LogP contribution in [0.25, 0.3) is 11.5 Å². The van der Waals surface area contributed by atoms with Crippen molar-refractivity contribution in [2.45, 2.75) is 27.3 Å². The van der Waals surface area contributed by atoms with Crippen molar-refractivity contribution in [3.8, 4) is 11.5 Å². The van der Waals surface area contributed by atoms with Crippen LogP contribution in [0.3, 0.4) is 0 Å². The van der Waals surface area contributed by atoms with Gasteiger partial charge in [-0.15, -0.1) is 0 Å². The average Bonchev–Trinajstić information content (AvgIpc) is 3.18. The number of amides is 2. The lowest BCUT2D eigenvalue weighted by Gasteiger charge is -2.17. The lowest BCUT2D eigenvalue weighted by Crippen LogP contribution is -2.31. The number of carbonyl (C=O) groups is 1. The summed E-state index contributed by atoms with van der Waals surface area (Å²) in [4.78, 5) is 22.3. The Labute approximate surface area is 144 Å². The normalized spacial score (nSPS) is 10.7. The van der Waals surface area contributed by atoms with E-state index in [2.05, 4.69) is 20.4 Å². The number of carbonyl (C=O) groups excluding carboxylic acids is 1. The molecule has 130 valence electrons. The third kappa shape index (κ3) is 3.85. The molecule has 0 aliphatic carbocycles. The van der Waals surface area contributed by atoms with Gasteiger partial charge in [0.2, 0.25) is 11.8 Å². The van der Waals surface area contributed by atoms with Crippen LogP contribution in [0.1, 0.15) is 23.0 Å². The molecule has 3 aromatic rings. The minimum absolute atomic E-state index is 0.251. The van der Waals surface area contributed by atoms with Gasteiger partial charge < -0.3 is 19.2 Å². The van der Waals surface area contributed by atoms with Gasteiger partial charge in [-0.1, -0.05) is 11.2 Å². The lowest BCUT2D eigenvalue weighted by molar-refractivity contribution is 0.219. The molecule has 0 aliphatic heterocycles. The van der Waals surface area contributed by atoms with Crippen LogP contribution in [0.2, 0.25) is 0 Å². The zero-order valence-corrected chi connectivity index (χ0v) is 14.5. The topological polar surface area (TPSA) is 97.3 Å². The number of hydrogen-bond acceptors (Lipinski definition) is 6. The first-order chi connectivity index (χ1) is 11.9. The number of rotatable bonds is 4. The fourth-order valence-corrected chi connectivity index (χ4v) is 2.28. The largest absolute Gasteiger partial charge is 0.444 e. The number of aryl methyl sites for hydroxylation is 3. The van der Waals surface area contributed by atoms with E-state index in [0.29, 0.717) is 23.3 Å². The molecule has 3 rings (SSSR count). The van der Waals surface area contributed by atoms with E-state index in [1.807, 2.05) is 32.0 Å². The molecular weight excluding hydrogens is 322 g/mol. The Morgan fingerprint density at radius 3 is 2.68 bits per heavy atom. The summed E-state index contributed by atoms with van der Waals surface area (Å²) >= 11 is 0. The van der Waals surface area contributed by atoms with Crippen LogP contribution in [0.4, 0.5) is 10.5 Å². The van der Waals surface area contributed by atoms with Crippen LogP contribution < -0.4 is 5.32 Å². The van der Waals surface area contributed by atoms with Gasteiger partial charge in [0.25, 0.3) is 0 Å². The second-order valence-electron chi connectivity index (χ2n) is 5.84. The number of urea groups is 1. The first-order valence-electron chi connectivity index (χ1n) is 7.77. The molecule has 8 nitrogen and oxygen atoms in total. The maximum absolute atomic E-state index is 12.4. The number of anilines is 1. The molecule has 2 aromatic heterocycles. The highest BCUT2D eigenvalue weighted by atomic mass is 16.5. The second kappa shape index (κ2) is 6.76. The first-order valence-corrected chi connectivity index (χ1v) is 7.77. The Morgan fingerprint density at radius 1 is 1.24 bits per heavy atom. The zero-order valence-electron chi connectivity index (χ0n) is 14.5. The minimum atomic E-state index is -0.272. The number of aromatic nitrogens is 3. The van der Waals surface area contributed by atoms with Crippen LogP contribution in [0.15, 0.2) is 33.4 Å². The van der Waals surface area contributed by atoms with Gasteiger partial charge in [-0.05, 0) is 31.5 Å². The van der Waals surface area contributed by atoms with Gasteiger partial charge in [-0.25, -0.2) is 9.78 Å². The molecule has 0 spiro atoms. The molecule has 8 heteroatoms. The van der Waals surface area contributed by atoms with E-state index in [-0.39, 0.29) is 12.6 Å². The Bertz CT molecular complexity index is 899. The van der Waals surface area contributed by atoms with E-state index in [4.69, 9.17) is 8.94 Å². The summed E-state index contributed by atoms with van der Waals surface area (Å²) in [6, 6.07) is 5.38. The highest BCUT2D eigenvalue weighted by Crippen LogP contribution is 2.25.